The lowest BCUT2D eigenvalue weighted by molar-refractivity contribution is 0.145. The fraction of sp³-hybridized carbons (Fsp3) is 0.600. The van der Waals surface area contributed by atoms with Gasteiger partial charge in [0.2, 0.25) is 0 Å². The Hall–Kier alpha value is -1.30. The normalized spacial score (nSPS) is 20.6. The largest absolute Gasteiger partial charge is 0.381 e. The van der Waals surface area contributed by atoms with Gasteiger partial charge in [-0.15, -0.1) is 0 Å². The minimum absolute atomic E-state index is 0.275. The molecule has 2 heterocycles. The van der Waals surface area contributed by atoms with Crippen LogP contribution in [0.15, 0.2) is 17.2 Å². The molecule has 4 nitrogen and oxygen atoms in total. The van der Waals surface area contributed by atoms with Gasteiger partial charge in [0, 0.05) is 25.1 Å². The maximum Gasteiger partial charge on any atom is 0.280 e. The topological polar surface area (TPSA) is 44.1 Å². The first kappa shape index (κ1) is 11.2. The van der Waals surface area contributed by atoms with Gasteiger partial charge in [-0.2, -0.15) is 0 Å². The van der Waals surface area contributed by atoms with Crippen LogP contribution < -0.4 is 5.56 Å². The summed E-state index contributed by atoms with van der Waals surface area (Å²) in [7, 11) is 0. The van der Waals surface area contributed by atoms with E-state index in [1.165, 1.54) is 10.9 Å². The molecule has 0 spiro atoms. The maximum absolute atomic E-state index is 12.3. The summed E-state index contributed by atoms with van der Waals surface area (Å²) in [6, 6.07) is 0.889. The Balaban J connectivity index is 2.13. The summed E-state index contributed by atoms with van der Waals surface area (Å²) in [5.74, 6) is 0.275. The van der Waals surface area contributed by atoms with Crippen molar-refractivity contribution in [2.75, 3.05) is 13.2 Å². The Labute approximate surface area is 90.9 Å². The molecule has 0 radical (unpaired) electrons. The highest BCUT2D eigenvalue weighted by atomic mass is 19.3. The predicted octanol–water partition coefficient (Wildman–Crippen LogP) is 1.22. The Kier molecular flexibility index (Phi) is 3.28. The van der Waals surface area contributed by atoms with E-state index in [1.807, 2.05) is 0 Å². The highest BCUT2D eigenvalue weighted by molar-refractivity contribution is 5.00. The van der Waals surface area contributed by atoms with Gasteiger partial charge in [-0.25, -0.2) is 13.8 Å². The number of ether oxygens (including phenoxy) is 1. The van der Waals surface area contributed by atoms with Crippen molar-refractivity contribution in [1.82, 2.24) is 9.55 Å². The third-order valence-corrected chi connectivity index (χ3v) is 2.60. The van der Waals surface area contributed by atoms with Crippen molar-refractivity contribution in [3.05, 3.63) is 28.4 Å². The van der Waals surface area contributed by atoms with Crippen molar-refractivity contribution >= 4 is 0 Å². The highest BCUT2D eigenvalue weighted by Gasteiger charge is 2.17. The molecule has 0 amide bonds. The summed E-state index contributed by atoms with van der Waals surface area (Å²) in [5.41, 5.74) is -0.902. The molecule has 1 aliphatic rings. The second-order valence-corrected chi connectivity index (χ2v) is 3.83. The molecule has 1 fully saturated rings. The summed E-state index contributed by atoms with van der Waals surface area (Å²) in [6.45, 7) is 1.79. The minimum Gasteiger partial charge on any atom is -0.381 e. The lowest BCUT2D eigenvalue weighted by Gasteiger charge is -2.10. The summed E-state index contributed by atoms with van der Waals surface area (Å²) < 4.78 is 31.0. The van der Waals surface area contributed by atoms with E-state index in [-0.39, 0.29) is 5.92 Å². The van der Waals surface area contributed by atoms with Gasteiger partial charge in [-0.3, -0.25) is 9.36 Å². The molecule has 0 bridgehead atoms. The van der Waals surface area contributed by atoms with Gasteiger partial charge < -0.3 is 4.74 Å². The molecule has 1 unspecified atom stereocenters. The van der Waals surface area contributed by atoms with Crippen molar-refractivity contribution in [3.8, 4) is 0 Å². The lowest BCUT2D eigenvalue weighted by Crippen LogP contribution is -2.24. The second-order valence-electron chi connectivity index (χ2n) is 3.83. The van der Waals surface area contributed by atoms with Crippen LogP contribution in [0, 0.1) is 5.92 Å². The average molecular weight is 230 g/mol. The molecule has 0 saturated carbocycles. The molecule has 1 aliphatic heterocycles. The highest BCUT2D eigenvalue weighted by Crippen LogP contribution is 2.15. The number of nitrogens with zero attached hydrogens (tertiary/aromatic N) is 2. The van der Waals surface area contributed by atoms with E-state index in [1.54, 1.807) is 0 Å². The third-order valence-electron chi connectivity index (χ3n) is 2.60. The van der Waals surface area contributed by atoms with Crippen LogP contribution in [0.3, 0.4) is 0 Å². The van der Waals surface area contributed by atoms with Crippen molar-refractivity contribution in [2.45, 2.75) is 19.4 Å². The van der Waals surface area contributed by atoms with E-state index < -0.39 is 17.7 Å². The van der Waals surface area contributed by atoms with Crippen molar-refractivity contribution in [1.29, 1.82) is 0 Å². The molecule has 2 rings (SSSR count). The van der Waals surface area contributed by atoms with Crippen LogP contribution in [0.1, 0.15) is 18.5 Å². The Morgan fingerprint density at radius 2 is 2.44 bits per heavy atom. The smallest absolute Gasteiger partial charge is 0.280 e. The molecule has 1 aromatic rings. The van der Waals surface area contributed by atoms with E-state index in [9.17, 15) is 13.6 Å². The summed E-state index contributed by atoms with van der Waals surface area (Å²) in [5, 5.41) is 0. The van der Waals surface area contributed by atoms with Crippen molar-refractivity contribution < 1.29 is 13.5 Å². The van der Waals surface area contributed by atoms with Crippen molar-refractivity contribution in [2.24, 2.45) is 5.92 Å². The monoisotopic (exact) mass is 230 g/mol. The number of aromatic nitrogens is 2. The summed E-state index contributed by atoms with van der Waals surface area (Å²) >= 11 is 0. The molecule has 1 aromatic heterocycles. The first-order valence-electron chi connectivity index (χ1n) is 5.09. The lowest BCUT2D eigenvalue weighted by atomic mass is 10.1. The first-order chi connectivity index (χ1) is 7.66. The Morgan fingerprint density at radius 3 is 3.00 bits per heavy atom. The van der Waals surface area contributed by atoms with E-state index >= 15 is 0 Å². The van der Waals surface area contributed by atoms with Gasteiger partial charge in [0.25, 0.3) is 12.0 Å². The van der Waals surface area contributed by atoms with E-state index in [0.717, 1.165) is 12.5 Å². The van der Waals surface area contributed by atoms with Crippen LogP contribution in [0.25, 0.3) is 0 Å². The zero-order valence-electron chi connectivity index (χ0n) is 8.60. The number of alkyl halides is 2. The number of hydrogen-bond donors (Lipinski definition) is 0. The molecule has 6 heteroatoms. The van der Waals surface area contributed by atoms with Gasteiger partial charge in [0.15, 0.2) is 0 Å². The number of rotatable bonds is 3. The van der Waals surface area contributed by atoms with Crippen LogP contribution in [0.5, 0.6) is 0 Å². The van der Waals surface area contributed by atoms with Gasteiger partial charge in [-0.05, 0) is 6.42 Å². The zero-order valence-corrected chi connectivity index (χ0v) is 8.60. The minimum atomic E-state index is -2.70. The molecular formula is C10H12F2N2O2. The van der Waals surface area contributed by atoms with Crippen LogP contribution in [0.4, 0.5) is 8.78 Å². The molecule has 16 heavy (non-hydrogen) atoms. The first-order valence-corrected chi connectivity index (χ1v) is 5.09. The van der Waals surface area contributed by atoms with Crippen LogP contribution in [0.2, 0.25) is 0 Å². The fourth-order valence-electron chi connectivity index (χ4n) is 1.70. The van der Waals surface area contributed by atoms with Gasteiger partial charge in [-0.1, -0.05) is 0 Å². The quantitative estimate of drug-likeness (QED) is 0.784. The molecule has 0 N–H and O–H groups in total. The standard InChI is InChI=1S/C10H12F2N2O2/c11-10(12)8-3-9(15)14(6-13-8)4-7-1-2-16-5-7/h3,6-7,10H,1-2,4-5H2. The summed E-state index contributed by atoms with van der Waals surface area (Å²) in [6.07, 6.45) is -0.622. The summed E-state index contributed by atoms with van der Waals surface area (Å²) in [4.78, 5) is 15.0. The van der Waals surface area contributed by atoms with E-state index in [4.69, 9.17) is 4.74 Å². The molecule has 1 saturated heterocycles. The van der Waals surface area contributed by atoms with Gasteiger partial charge in [0.05, 0.1) is 12.9 Å². The molecule has 1 atom stereocenters. The molecule has 0 aromatic carbocycles. The van der Waals surface area contributed by atoms with Crippen molar-refractivity contribution in [3.63, 3.8) is 0 Å². The third kappa shape index (κ3) is 2.44. The van der Waals surface area contributed by atoms with E-state index in [0.29, 0.717) is 19.8 Å². The molecular weight excluding hydrogens is 218 g/mol. The van der Waals surface area contributed by atoms with Gasteiger partial charge >= 0.3 is 0 Å². The number of halogens is 2. The van der Waals surface area contributed by atoms with E-state index in [2.05, 4.69) is 4.98 Å². The number of hydrogen-bond acceptors (Lipinski definition) is 3. The van der Waals surface area contributed by atoms with Crippen LogP contribution in [-0.2, 0) is 11.3 Å². The van der Waals surface area contributed by atoms with Crippen LogP contribution >= 0.6 is 0 Å². The average Bonchev–Trinajstić information content (AvgIpc) is 2.73. The molecule has 0 aliphatic carbocycles. The molecule has 88 valence electrons. The van der Waals surface area contributed by atoms with Crippen LogP contribution in [-0.4, -0.2) is 22.8 Å². The zero-order chi connectivity index (χ0) is 11.5. The maximum atomic E-state index is 12.3. The Morgan fingerprint density at radius 1 is 1.62 bits per heavy atom. The SMILES string of the molecule is O=c1cc(C(F)F)ncn1CC1CCOC1. The van der Waals surface area contributed by atoms with Gasteiger partial charge in [0.1, 0.15) is 5.69 Å². The fourth-order valence-corrected chi connectivity index (χ4v) is 1.70. The Bertz CT molecular complexity index is 414. The second kappa shape index (κ2) is 4.69. The predicted molar refractivity (Wildman–Crippen MR) is 52.4 cm³/mol.